The SMILES string of the molecule is Nc1ccc(S(=O)(=O)NCCC(=O)N2CCCC2)c(Cl)c1. The van der Waals surface area contributed by atoms with Crippen molar-refractivity contribution in [1.29, 1.82) is 0 Å². The minimum absolute atomic E-state index is 0.0291. The molecule has 1 fully saturated rings. The Morgan fingerprint density at radius 3 is 2.62 bits per heavy atom. The molecule has 0 atom stereocenters. The van der Waals surface area contributed by atoms with Gasteiger partial charge in [0, 0.05) is 31.7 Å². The van der Waals surface area contributed by atoms with Crippen molar-refractivity contribution >= 4 is 33.2 Å². The fraction of sp³-hybridized carbons (Fsp3) is 0.462. The predicted octanol–water partition coefficient (Wildman–Crippen LogP) is 1.21. The van der Waals surface area contributed by atoms with Crippen LogP contribution < -0.4 is 10.5 Å². The molecule has 6 nitrogen and oxygen atoms in total. The molecule has 116 valence electrons. The van der Waals surface area contributed by atoms with Crippen LogP contribution in [-0.4, -0.2) is 38.9 Å². The Morgan fingerprint density at radius 1 is 1.33 bits per heavy atom. The van der Waals surface area contributed by atoms with Crippen LogP contribution in [0.25, 0.3) is 0 Å². The molecule has 0 aliphatic carbocycles. The lowest BCUT2D eigenvalue weighted by Gasteiger charge is -2.15. The van der Waals surface area contributed by atoms with E-state index in [0.29, 0.717) is 5.69 Å². The van der Waals surface area contributed by atoms with Gasteiger partial charge >= 0.3 is 0 Å². The van der Waals surface area contributed by atoms with Crippen LogP contribution in [0.4, 0.5) is 5.69 Å². The van der Waals surface area contributed by atoms with Crippen molar-refractivity contribution in [2.24, 2.45) is 0 Å². The van der Waals surface area contributed by atoms with Gasteiger partial charge in [0.2, 0.25) is 15.9 Å². The number of rotatable bonds is 5. The number of hydrogen-bond acceptors (Lipinski definition) is 4. The quantitative estimate of drug-likeness (QED) is 0.793. The summed E-state index contributed by atoms with van der Waals surface area (Å²) in [6.45, 7) is 1.57. The van der Waals surface area contributed by atoms with Gasteiger partial charge in [0.1, 0.15) is 4.90 Å². The van der Waals surface area contributed by atoms with Crippen molar-refractivity contribution in [3.8, 4) is 0 Å². The zero-order chi connectivity index (χ0) is 15.5. The maximum Gasteiger partial charge on any atom is 0.242 e. The highest BCUT2D eigenvalue weighted by molar-refractivity contribution is 7.89. The maximum absolute atomic E-state index is 12.1. The molecular weight excluding hydrogens is 314 g/mol. The number of likely N-dealkylation sites (tertiary alicyclic amines) is 1. The summed E-state index contributed by atoms with van der Waals surface area (Å²) in [5.74, 6) is -0.0291. The number of nitrogens with zero attached hydrogens (tertiary/aromatic N) is 1. The largest absolute Gasteiger partial charge is 0.399 e. The fourth-order valence-corrected chi connectivity index (χ4v) is 3.81. The Balaban J connectivity index is 1.93. The number of carbonyl (C=O) groups is 1. The second-order valence-corrected chi connectivity index (χ2v) is 7.07. The van der Waals surface area contributed by atoms with Crippen LogP contribution in [-0.2, 0) is 14.8 Å². The average molecular weight is 332 g/mol. The van der Waals surface area contributed by atoms with E-state index in [4.69, 9.17) is 17.3 Å². The first-order valence-corrected chi connectivity index (χ1v) is 8.59. The van der Waals surface area contributed by atoms with Gasteiger partial charge in [0.05, 0.1) is 5.02 Å². The van der Waals surface area contributed by atoms with E-state index in [2.05, 4.69) is 4.72 Å². The molecule has 1 saturated heterocycles. The number of amides is 1. The van der Waals surface area contributed by atoms with E-state index in [1.54, 1.807) is 4.90 Å². The number of carbonyl (C=O) groups excluding carboxylic acids is 1. The highest BCUT2D eigenvalue weighted by Gasteiger charge is 2.20. The molecule has 1 aromatic carbocycles. The zero-order valence-corrected chi connectivity index (χ0v) is 13.1. The Labute approximate surface area is 129 Å². The van der Waals surface area contributed by atoms with Gasteiger partial charge in [-0.05, 0) is 31.0 Å². The zero-order valence-electron chi connectivity index (χ0n) is 11.5. The number of halogens is 1. The monoisotopic (exact) mass is 331 g/mol. The molecule has 0 radical (unpaired) electrons. The van der Waals surface area contributed by atoms with Crippen LogP contribution in [0.3, 0.4) is 0 Å². The van der Waals surface area contributed by atoms with Crippen molar-refractivity contribution in [3.63, 3.8) is 0 Å². The number of sulfonamides is 1. The summed E-state index contributed by atoms with van der Waals surface area (Å²) in [6, 6.07) is 4.20. The number of hydrogen-bond donors (Lipinski definition) is 2. The second kappa shape index (κ2) is 6.64. The van der Waals surface area contributed by atoms with Crippen molar-refractivity contribution < 1.29 is 13.2 Å². The minimum atomic E-state index is -3.74. The van der Waals surface area contributed by atoms with E-state index < -0.39 is 10.0 Å². The van der Waals surface area contributed by atoms with Crippen LogP contribution >= 0.6 is 11.6 Å². The van der Waals surface area contributed by atoms with Crippen LogP contribution in [0.5, 0.6) is 0 Å². The van der Waals surface area contributed by atoms with Crippen LogP contribution in [0.2, 0.25) is 5.02 Å². The number of benzene rings is 1. The minimum Gasteiger partial charge on any atom is -0.399 e. The standard InChI is InChI=1S/C13H18ClN3O3S/c14-11-9-10(15)3-4-12(11)21(19,20)16-6-5-13(18)17-7-1-2-8-17/h3-4,9,16H,1-2,5-8,15H2. The third-order valence-corrected chi connectivity index (χ3v) is 5.28. The molecule has 0 unspecified atom stereocenters. The van der Waals surface area contributed by atoms with Gasteiger partial charge in [-0.1, -0.05) is 11.6 Å². The van der Waals surface area contributed by atoms with Crippen molar-refractivity contribution in [2.75, 3.05) is 25.4 Å². The summed E-state index contributed by atoms with van der Waals surface area (Å²) >= 11 is 5.88. The first-order valence-electron chi connectivity index (χ1n) is 6.72. The summed E-state index contributed by atoms with van der Waals surface area (Å²) in [4.78, 5) is 13.5. The Bertz CT molecular complexity index is 628. The Hall–Kier alpha value is -1.31. The van der Waals surface area contributed by atoms with Gasteiger partial charge in [-0.25, -0.2) is 13.1 Å². The van der Waals surface area contributed by atoms with Crippen molar-refractivity contribution in [3.05, 3.63) is 23.2 Å². The molecule has 0 spiro atoms. The lowest BCUT2D eigenvalue weighted by Crippen LogP contribution is -2.32. The first-order chi connectivity index (χ1) is 9.90. The van der Waals surface area contributed by atoms with Crippen LogP contribution in [0.15, 0.2) is 23.1 Å². The molecule has 1 aliphatic heterocycles. The highest BCUT2D eigenvalue weighted by Crippen LogP contribution is 2.23. The van der Waals surface area contributed by atoms with E-state index in [1.807, 2.05) is 0 Å². The average Bonchev–Trinajstić information content (AvgIpc) is 2.91. The summed E-state index contributed by atoms with van der Waals surface area (Å²) in [6.07, 6.45) is 2.17. The molecule has 0 saturated carbocycles. The molecule has 1 heterocycles. The predicted molar refractivity (Wildman–Crippen MR) is 81.5 cm³/mol. The topological polar surface area (TPSA) is 92.5 Å². The smallest absolute Gasteiger partial charge is 0.242 e. The lowest BCUT2D eigenvalue weighted by molar-refractivity contribution is -0.129. The van der Waals surface area contributed by atoms with Gasteiger partial charge in [-0.15, -0.1) is 0 Å². The number of anilines is 1. The molecule has 1 aliphatic rings. The fourth-order valence-electron chi connectivity index (χ4n) is 2.23. The summed E-state index contributed by atoms with van der Waals surface area (Å²) in [5.41, 5.74) is 5.92. The van der Waals surface area contributed by atoms with Crippen LogP contribution in [0.1, 0.15) is 19.3 Å². The maximum atomic E-state index is 12.1. The van der Waals surface area contributed by atoms with E-state index in [-0.39, 0.29) is 28.8 Å². The number of nitrogens with two attached hydrogens (primary N) is 1. The molecule has 1 aromatic rings. The van der Waals surface area contributed by atoms with Gasteiger partial charge in [-0.2, -0.15) is 0 Å². The van der Waals surface area contributed by atoms with Gasteiger partial charge in [0.15, 0.2) is 0 Å². The first kappa shape index (κ1) is 16.1. The van der Waals surface area contributed by atoms with Crippen molar-refractivity contribution in [2.45, 2.75) is 24.2 Å². The molecule has 2 rings (SSSR count). The van der Waals surface area contributed by atoms with Crippen LogP contribution in [0, 0.1) is 0 Å². The van der Waals surface area contributed by atoms with E-state index in [9.17, 15) is 13.2 Å². The molecule has 3 N–H and O–H groups in total. The van der Waals surface area contributed by atoms with E-state index >= 15 is 0 Å². The third-order valence-electron chi connectivity index (χ3n) is 3.34. The number of nitrogen functional groups attached to an aromatic ring is 1. The summed E-state index contributed by atoms with van der Waals surface area (Å²) < 4.78 is 26.6. The van der Waals surface area contributed by atoms with Crippen molar-refractivity contribution in [1.82, 2.24) is 9.62 Å². The van der Waals surface area contributed by atoms with Gasteiger partial charge < -0.3 is 10.6 Å². The molecule has 1 amide bonds. The molecule has 0 bridgehead atoms. The third kappa shape index (κ3) is 4.09. The molecule has 0 aromatic heterocycles. The summed E-state index contributed by atoms with van der Waals surface area (Å²) in [5, 5.41) is 0.0633. The number of nitrogens with one attached hydrogen (secondary N) is 1. The normalized spacial score (nSPS) is 15.4. The summed E-state index contributed by atoms with van der Waals surface area (Å²) in [7, 11) is -3.74. The van der Waals surface area contributed by atoms with Gasteiger partial charge in [0.25, 0.3) is 0 Å². The van der Waals surface area contributed by atoms with E-state index in [0.717, 1.165) is 25.9 Å². The molecular formula is C13H18ClN3O3S. The highest BCUT2D eigenvalue weighted by atomic mass is 35.5. The van der Waals surface area contributed by atoms with E-state index in [1.165, 1.54) is 18.2 Å². The second-order valence-electron chi connectivity index (χ2n) is 4.93. The Kier molecular flexibility index (Phi) is 5.08. The molecule has 8 heteroatoms. The Morgan fingerprint density at radius 2 is 2.00 bits per heavy atom. The lowest BCUT2D eigenvalue weighted by atomic mass is 10.3. The molecule has 21 heavy (non-hydrogen) atoms. The van der Waals surface area contributed by atoms with Gasteiger partial charge in [-0.3, -0.25) is 4.79 Å².